The molecule has 1 N–H and O–H groups in total. The number of halogens is 1. The van der Waals surface area contributed by atoms with Gasteiger partial charge in [0.15, 0.2) is 5.82 Å². The first-order chi connectivity index (χ1) is 7.66. The number of aromatic nitrogens is 2. The van der Waals surface area contributed by atoms with Crippen LogP contribution in [0.4, 0.5) is 4.39 Å². The topological polar surface area (TPSA) is 38.1 Å². The van der Waals surface area contributed by atoms with Gasteiger partial charge in [-0.25, -0.2) is 9.37 Å². The molecule has 3 rings (SSSR count). The first kappa shape index (κ1) is 9.63. The predicted molar refractivity (Wildman–Crippen MR) is 59.0 cm³/mol. The number of benzene rings is 1. The van der Waals surface area contributed by atoms with Crippen LogP contribution in [0.15, 0.2) is 12.1 Å². The van der Waals surface area contributed by atoms with E-state index in [1.165, 1.54) is 6.42 Å². The van der Waals surface area contributed by atoms with Crippen LogP contribution < -0.4 is 0 Å². The van der Waals surface area contributed by atoms with E-state index in [1.807, 2.05) is 11.5 Å². The molecule has 1 aliphatic rings. The number of phenols is 1. The molecular weight excluding hydrogens is 207 g/mol. The zero-order valence-electron chi connectivity index (χ0n) is 9.07. The molecule has 0 aliphatic heterocycles. The molecule has 16 heavy (non-hydrogen) atoms. The number of rotatable bonds is 1. The fraction of sp³-hybridized carbons (Fsp3) is 0.417. The van der Waals surface area contributed by atoms with Crippen LogP contribution in [0.2, 0.25) is 0 Å². The Kier molecular flexibility index (Phi) is 1.93. The number of hydrogen-bond acceptors (Lipinski definition) is 2. The molecule has 0 bridgehead atoms. The number of fused-ring (bicyclic) bond motifs is 1. The van der Waals surface area contributed by atoms with Gasteiger partial charge in [0.1, 0.15) is 17.1 Å². The van der Waals surface area contributed by atoms with Gasteiger partial charge in [0.05, 0.1) is 5.52 Å². The summed E-state index contributed by atoms with van der Waals surface area (Å²) in [6.45, 7) is 1.88. The van der Waals surface area contributed by atoms with Gasteiger partial charge in [-0.2, -0.15) is 0 Å². The molecule has 1 saturated carbocycles. The van der Waals surface area contributed by atoms with Crippen LogP contribution in [-0.4, -0.2) is 14.7 Å². The maximum absolute atomic E-state index is 13.6. The second kappa shape index (κ2) is 3.20. The number of phenolic OH excluding ortho intramolecular Hbond substituents is 1. The highest BCUT2D eigenvalue weighted by atomic mass is 19.1. The third-order valence-corrected chi connectivity index (χ3v) is 3.35. The summed E-state index contributed by atoms with van der Waals surface area (Å²) in [6, 6.07) is 3.13. The van der Waals surface area contributed by atoms with Gasteiger partial charge in [0, 0.05) is 18.2 Å². The van der Waals surface area contributed by atoms with Gasteiger partial charge in [-0.3, -0.25) is 0 Å². The Morgan fingerprint density at radius 2 is 2.19 bits per heavy atom. The molecule has 4 heteroatoms. The van der Waals surface area contributed by atoms with Gasteiger partial charge in [-0.1, -0.05) is 0 Å². The van der Waals surface area contributed by atoms with E-state index in [4.69, 9.17) is 0 Å². The molecule has 0 unspecified atom stereocenters. The standard InChI is InChI=1S/C12H13FN2O/c1-7-14-12-10(13)5-9(16)6-11(12)15(7)8-3-2-4-8/h5-6,8,16H,2-4H2,1H3. The van der Waals surface area contributed by atoms with E-state index in [1.54, 1.807) is 6.07 Å². The molecule has 3 nitrogen and oxygen atoms in total. The third kappa shape index (κ3) is 1.22. The summed E-state index contributed by atoms with van der Waals surface area (Å²) in [5, 5.41) is 9.44. The second-order valence-electron chi connectivity index (χ2n) is 4.41. The molecule has 1 aromatic heterocycles. The largest absolute Gasteiger partial charge is 0.508 e. The normalized spacial score (nSPS) is 16.6. The molecule has 0 spiro atoms. The molecule has 1 aliphatic carbocycles. The first-order valence-electron chi connectivity index (χ1n) is 5.54. The molecule has 1 heterocycles. The lowest BCUT2D eigenvalue weighted by Gasteiger charge is -2.28. The highest BCUT2D eigenvalue weighted by Crippen LogP contribution is 2.36. The fourth-order valence-corrected chi connectivity index (χ4v) is 2.36. The molecule has 0 radical (unpaired) electrons. The van der Waals surface area contributed by atoms with Gasteiger partial charge >= 0.3 is 0 Å². The summed E-state index contributed by atoms with van der Waals surface area (Å²) < 4.78 is 15.6. The zero-order chi connectivity index (χ0) is 11.3. The van der Waals surface area contributed by atoms with Crippen LogP contribution in [0, 0.1) is 12.7 Å². The van der Waals surface area contributed by atoms with Crippen molar-refractivity contribution < 1.29 is 9.50 Å². The van der Waals surface area contributed by atoms with Crippen LogP contribution >= 0.6 is 0 Å². The highest BCUT2D eigenvalue weighted by molar-refractivity contribution is 5.78. The van der Waals surface area contributed by atoms with E-state index >= 15 is 0 Å². The first-order valence-corrected chi connectivity index (χ1v) is 5.54. The van der Waals surface area contributed by atoms with Crippen LogP contribution in [0.25, 0.3) is 11.0 Å². The van der Waals surface area contributed by atoms with Gasteiger partial charge in [0.2, 0.25) is 0 Å². The van der Waals surface area contributed by atoms with Crippen molar-refractivity contribution >= 4 is 11.0 Å². The summed E-state index contributed by atoms with van der Waals surface area (Å²) >= 11 is 0. The van der Waals surface area contributed by atoms with Crippen LogP contribution in [0.1, 0.15) is 31.1 Å². The van der Waals surface area contributed by atoms with Crippen LogP contribution in [0.5, 0.6) is 5.75 Å². The van der Waals surface area contributed by atoms with E-state index in [0.717, 1.165) is 24.7 Å². The molecular formula is C12H13FN2O. The Morgan fingerprint density at radius 3 is 2.81 bits per heavy atom. The van der Waals surface area contributed by atoms with Gasteiger partial charge in [-0.05, 0) is 26.2 Å². The smallest absolute Gasteiger partial charge is 0.154 e. The zero-order valence-corrected chi connectivity index (χ0v) is 9.07. The Bertz CT molecular complexity index is 558. The summed E-state index contributed by atoms with van der Waals surface area (Å²) in [7, 11) is 0. The van der Waals surface area contributed by atoms with E-state index < -0.39 is 5.82 Å². The third-order valence-electron chi connectivity index (χ3n) is 3.35. The van der Waals surface area contributed by atoms with Gasteiger partial charge in [0.25, 0.3) is 0 Å². The maximum Gasteiger partial charge on any atom is 0.154 e. The minimum absolute atomic E-state index is 0.0366. The number of aryl methyl sites for hydroxylation is 1. The molecule has 1 aromatic carbocycles. The van der Waals surface area contributed by atoms with Crippen molar-refractivity contribution in [3.63, 3.8) is 0 Å². The SMILES string of the molecule is Cc1nc2c(F)cc(O)cc2n1C1CCC1. The number of aromatic hydroxyl groups is 1. The lowest BCUT2D eigenvalue weighted by Crippen LogP contribution is -2.17. The van der Waals surface area contributed by atoms with Crippen molar-refractivity contribution in [3.8, 4) is 5.75 Å². The van der Waals surface area contributed by atoms with Crippen LogP contribution in [0.3, 0.4) is 0 Å². The van der Waals surface area contributed by atoms with Crippen molar-refractivity contribution in [3.05, 3.63) is 23.8 Å². The summed E-state index contributed by atoms with van der Waals surface area (Å²) in [4.78, 5) is 4.23. The minimum Gasteiger partial charge on any atom is -0.508 e. The fourth-order valence-electron chi connectivity index (χ4n) is 2.36. The quantitative estimate of drug-likeness (QED) is 0.802. The van der Waals surface area contributed by atoms with Gasteiger partial charge in [-0.15, -0.1) is 0 Å². The summed E-state index contributed by atoms with van der Waals surface area (Å²) in [6.07, 6.45) is 3.44. The van der Waals surface area contributed by atoms with Crippen molar-refractivity contribution in [2.24, 2.45) is 0 Å². The summed E-state index contributed by atoms with van der Waals surface area (Å²) in [5.41, 5.74) is 1.07. The van der Waals surface area contributed by atoms with Crippen LogP contribution in [-0.2, 0) is 0 Å². The van der Waals surface area contributed by atoms with E-state index in [9.17, 15) is 9.50 Å². The Balaban J connectivity index is 2.29. The molecule has 84 valence electrons. The number of hydrogen-bond donors (Lipinski definition) is 1. The average Bonchev–Trinajstić information content (AvgIpc) is 2.43. The molecule has 0 saturated heterocycles. The van der Waals surface area contributed by atoms with Crippen molar-refractivity contribution in [1.82, 2.24) is 9.55 Å². The van der Waals surface area contributed by atoms with E-state index in [0.29, 0.717) is 17.1 Å². The summed E-state index contributed by atoms with van der Waals surface area (Å²) in [5.74, 6) is 0.339. The van der Waals surface area contributed by atoms with Crippen molar-refractivity contribution in [1.29, 1.82) is 0 Å². The second-order valence-corrected chi connectivity index (χ2v) is 4.41. The van der Waals surface area contributed by atoms with E-state index in [-0.39, 0.29) is 5.75 Å². The lowest BCUT2D eigenvalue weighted by atomic mass is 9.92. The Labute approximate surface area is 92.5 Å². The molecule has 2 aromatic rings. The lowest BCUT2D eigenvalue weighted by molar-refractivity contribution is 0.315. The molecule has 0 atom stereocenters. The predicted octanol–water partition coefficient (Wildman–Crippen LogP) is 2.91. The Morgan fingerprint density at radius 1 is 1.44 bits per heavy atom. The van der Waals surface area contributed by atoms with Crippen molar-refractivity contribution in [2.75, 3.05) is 0 Å². The molecule has 1 fully saturated rings. The van der Waals surface area contributed by atoms with Crippen molar-refractivity contribution in [2.45, 2.75) is 32.2 Å². The minimum atomic E-state index is -0.448. The number of nitrogens with zero attached hydrogens (tertiary/aromatic N) is 2. The van der Waals surface area contributed by atoms with E-state index in [2.05, 4.69) is 4.98 Å². The maximum atomic E-state index is 13.6. The Hall–Kier alpha value is -1.58. The average molecular weight is 220 g/mol. The monoisotopic (exact) mass is 220 g/mol. The number of imidazole rings is 1. The highest BCUT2D eigenvalue weighted by Gasteiger charge is 2.24. The van der Waals surface area contributed by atoms with Gasteiger partial charge < -0.3 is 9.67 Å². The molecule has 0 amide bonds.